The van der Waals surface area contributed by atoms with E-state index in [2.05, 4.69) is 72.0 Å². The molecule has 0 unspecified atom stereocenters. The Balaban J connectivity index is 0.000000223. The molecule has 0 aliphatic heterocycles. The molecule has 3 heterocycles. The van der Waals surface area contributed by atoms with Crippen LogP contribution in [0.3, 0.4) is 0 Å². The van der Waals surface area contributed by atoms with Crippen molar-refractivity contribution < 1.29 is 23.5 Å². The van der Waals surface area contributed by atoms with Crippen molar-refractivity contribution in [3.8, 4) is 0 Å². The summed E-state index contributed by atoms with van der Waals surface area (Å²) in [5.74, 6) is 1.00. The molecule has 43 heavy (non-hydrogen) atoms. The second-order valence-electron chi connectivity index (χ2n) is 9.90. The number of nitrogens with zero attached hydrogens (tertiary/aromatic N) is 6. The first kappa shape index (κ1) is 36.3. The van der Waals surface area contributed by atoms with Gasteiger partial charge in [-0.3, -0.25) is 0 Å². The van der Waals surface area contributed by atoms with Crippen LogP contribution in [0.15, 0.2) is 117 Å². The first-order valence-electron chi connectivity index (χ1n) is 14.3. The van der Waals surface area contributed by atoms with Crippen molar-refractivity contribution >= 4 is 28.0 Å². The number of aromatic nitrogens is 6. The van der Waals surface area contributed by atoms with Crippen LogP contribution >= 0.6 is 5.69 Å². The third kappa shape index (κ3) is 14.9. The molecule has 0 saturated carbocycles. The molecule has 8 nitrogen and oxygen atoms in total. The van der Waals surface area contributed by atoms with Crippen LogP contribution in [0.5, 0.6) is 0 Å². The highest BCUT2D eigenvalue weighted by Crippen LogP contribution is 2.32. The number of hydrogen-bond acceptors (Lipinski definition) is 3. The molecule has 0 fully saturated rings. The number of rotatable bonds is 7. The van der Waals surface area contributed by atoms with Gasteiger partial charge in [-0.25, -0.2) is 37.5 Å². The van der Waals surface area contributed by atoms with Crippen LogP contribution in [0, 0.1) is 0 Å². The minimum Gasteiger partial charge on any atom is -0.854 e. The lowest BCUT2D eigenvalue weighted by molar-refractivity contribution is -0.671. The van der Waals surface area contributed by atoms with Gasteiger partial charge >= 0.3 is 0 Å². The first-order valence-corrected chi connectivity index (χ1v) is 19.2. The number of imidazole rings is 3. The van der Waals surface area contributed by atoms with E-state index in [9.17, 15) is 9.79 Å². The molecular formula is C32H47N6O2PS2. The molecular weight excluding hydrogens is 596 g/mol. The molecule has 3 aromatic heterocycles. The minimum atomic E-state index is -3.75. The van der Waals surface area contributed by atoms with E-state index < -0.39 is 15.8 Å². The lowest BCUT2D eigenvalue weighted by atomic mass is 10.2. The predicted molar refractivity (Wildman–Crippen MR) is 176 cm³/mol. The van der Waals surface area contributed by atoms with Crippen molar-refractivity contribution in [2.45, 2.75) is 51.9 Å². The Labute approximate surface area is 265 Å². The zero-order valence-electron chi connectivity index (χ0n) is 26.3. The van der Waals surface area contributed by atoms with Gasteiger partial charge in [0.2, 0.25) is 19.0 Å². The largest absolute Gasteiger partial charge is 0.854 e. The monoisotopic (exact) mass is 642 g/mol. The molecule has 2 aromatic carbocycles. The fourth-order valence-corrected chi connectivity index (χ4v) is 8.17. The van der Waals surface area contributed by atoms with Gasteiger partial charge in [0.15, 0.2) is 0 Å². The molecule has 0 amide bonds. The summed E-state index contributed by atoms with van der Waals surface area (Å²) in [6.45, 7) is 9.54. The Bertz CT molecular complexity index is 1360. The molecule has 0 aliphatic carbocycles. The molecule has 0 bridgehead atoms. The van der Waals surface area contributed by atoms with E-state index in [1.54, 1.807) is 0 Å². The van der Waals surface area contributed by atoms with Gasteiger partial charge in [0.25, 0.3) is 0 Å². The van der Waals surface area contributed by atoms with Crippen molar-refractivity contribution in [2.75, 3.05) is 0 Å². The molecule has 234 valence electrons. The quantitative estimate of drug-likeness (QED) is 0.156. The zero-order chi connectivity index (χ0) is 31.7. The molecule has 0 saturated heterocycles. The van der Waals surface area contributed by atoms with E-state index >= 15 is 0 Å². The number of benzene rings is 2. The molecule has 0 spiro atoms. The predicted octanol–water partition coefficient (Wildman–Crippen LogP) is 2.95. The Kier molecular flexibility index (Phi) is 16.4. The van der Waals surface area contributed by atoms with E-state index in [1.165, 1.54) is 0 Å². The molecule has 5 aromatic rings. The molecule has 0 N–H and O–H groups in total. The van der Waals surface area contributed by atoms with Crippen LogP contribution in [0.2, 0.25) is 0 Å². The van der Waals surface area contributed by atoms with Crippen LogP contribution in [-0.4, -0.2) is 13.7 Å². The second kappa shape index (κ2) is 19.4. The van der Waals surface area contributed by atoms with Gasteiger partial charge in [-0.2, -0.15) is 0 Å². The lowest BCUT2D eigenvalue weighted by Crippen LogP contribution is -2.23. The van der Waals surface area contributed by atoms with E-state index in [1.807, 2.05) is 114 Å². The molecule has 5 rings (SSSR count). The van der Waals surface area contributed by atoms with Crippen LogP contribution < -0.4 is 23.5 Å². The highest BCUT2D eigenvalue weighted by atomic mass is 32.9. The van der Waals surface area contributed by atoms with Gasteiger partial charge in [-0.15, -0.1) is 0 Å². The SMILES string of the molecule is CCn1cc[n+](C)c1.CCn1cc[n+](C)c1.CCn1cc[n+](C)c1.[O-]P([O-])([S-])=S(Cc1ccccc1)Cc1ccccc1. The summed E-state index contributed by atoms with van der Waals surface area (Å²) in [4.78, 5) is 23.6. The highest BCUT2D eigenvalue weighted by molar-refractivity contribution is 8.57. The van der Waals surface area contributed by atoms with Crippen LogP contribution in [0.25, 0.3) is 0 Å². The van der Waals surface area contributed by atoms with E-state index in [-0.39, 0.29) is 0 Å². The molecule has 0 radical (unpaired) electrons. The summed E-state index contributed by atoms with van der Waals surface area (Å²) in [6, 6.07) is 19.3. The van der Waals surface area contributed by atoms with Crippen molar-refractivity contribution in [1.29, 1.82) is 0 Å². The summed E-state index contributed by atoms with van der Waals surface area (Å²) < 4.78 is 12.5. The van der Waals surface area contributed by atoms with Crippen molar-refractivity contribution in [1.82, 2.24) is 13.7 Å². The standard InChI is InChI=1S/C14H14O2PS2.3C6H11N2/c15-17(16,18)19(11-13-7-3-1-4-8-13)12-14-9-5-2-6-10-14;3*1-3-8-5-4-7(2)6-8/h1-10H,11-12H2;3*4-6H,3H2,1-2H3/q-3;3*+1. The lowest BCUT2D eigenvalue weighted by Gasteiger charge is -2.54. The van der Waals surface area contributed by atoms with Crippen LogP contribution in [-0.2, 0) is 74.6 Å². The molecule has 11 heteroatoms. The Morgan fingerprint density at radius 1 is 0.605 bits per heavy atom. The number of hydrogen-bond donors (Lipinski definition) is 0. The Morgan fingerprint density at radius 2 is 0.907 bits per heavy atom. The summed E-state index contributed by atoms with van der Waals surface area (Å²) in [7, 11) is 5.23. The third-order valence-corrected chi connectivity index (χ3v) is 12.8. The highest BCUT2D eigenvalue weighted by Gasteiger charge is 1.99. The first-order chi connectivity index (χ1) is 20.5. The van der Waals surface area contributed by atoms with Crippen molar-refractivity contribution in [3.05, 3.63) is 128 Å². The fourth-order valence-electron chi connectivity index (χ4n) is 3.81. The summed E-state index contributed by atoms with van der Waals surface area (Å²) in [6.07, 6.45) is 18.4. The minimum absolute atomic E-state index is 0.500. The van der Waals surface area contributed by atoms with Crippen molar-refractivity contribution in [3.63, 3.8) is 0 Å². The maximum Gasteiger partial charge on any atom is 0.243 e. The smallest absolute Gasteiger partial charge is 0.243 e. The van der Waals surface area contributed by atoms with Gasteiger partial charge in [0.1, 0.15) is 37.2 Å². The third-order valence-electron chi connectivity index (χ3n) is 6.24. The van der Waals surface area contributed by atoms with Crippen molar-refractivity contribution in [2.24, 2.45) is 21.1 Å². The van der Waals surface area contributed by atoms with E-state index in [0.717, 1.165) is 30.8 Å². The molecule has 0 atom stereocenters. The fraction of sp³-hybridized carbons (Fsp3) is 0.344. The van der Waals surface area contributed by atoms with E-state index in [4.69, 9.17) is 12.2 Å². The Hall–Kier alpha value is -2.88. The second-order valence-corrected chi connectivity index (χ2v) is 17.4. The zero-order valence-corrected chi connectivity index (χ0v) is 28.8. The van der Waals surface area contributed by atoms with Gasteiger partial charge in [-0.05, 0) is 31.9 Å². The topological polar surface area (TPSA) is 72.5 Å². The molecule has 0 aliphatic rings. The summed E-state index contributed by atoms with van der Waals surface area (Å²) in [5.41, 5.74) is -1.71. The summed E-state index contributed by atoms with van der Waals surface area (Å²) in [5, 5.41) is 0. The van der Waals surface area contributed by atoms with E-state index in [0.29, 0.717) is 11.5 Å². The van der Waals surface area contributed by atoms with Gasteiger partial charge in [-0.1, -0.05) is 60.7 Å². The van der Waals surface area contributed by atoms with Gasteiger partial charge < -0.3 is 27.7 Å². The van der Waals surface area contributed by atoms with Crippen LogP contribution in [0.4, 0.5) is 0 Å². The average Bonchev–Trinajstić information content (AvgIpc) is 3.75. The van der Waals surface area contributed by atoms with Gasteiger partial charge in [0, 0.05) is 11.5 Å². The number of aryl methyl sites for hydroxylation is 6. The average molecular weight is 643 g/mol. The maximum absolute atomic E-state index is 11.8. The van der Waals surface area contributed by atoms with Crippen LogP contribution in [0.1, 0.15) is 31.9 Å². The van der Waals surface area contributed by atoms with Gasteiger partial charge in [0.05, 0.1) is 40.8 Å². The summed E-state index contributed by atoms with van der Waals surface area (Å²) >= 11 is 4.72. The Morgan fingerprint density at radius 3 is 1.09 bits per heavy atom. The maximum atomic E-state index is 11.8. The normalized spacial score (nSPS) is 10.7.